The third kappa shape index (κ3) is 5.02. The Balaban J connectivity index is 1.99. The van der Waals surface area contributed by atoms with Gasteiger partial charge in [-0.3, -0.25) is 0 Å². The van der Waals surface area contributed by atoms with Crippen molar-refractivity contribution in [3.05, 3.63) is 43.0 Å². The molecule has 6 heteroatoms. The second-order valence-corrected chi connectivity index (χ2v) is 6.51. The van der Waals surface area contributed by atoms with Gasteiger partial charge in [0.25, 0.3) is 0 Å². The first-order chi connectivity index (χ1) is 10.9. The molecule has 23 heavy (non-hydrogen) atoms. The van der Waals surface area contributed by atoms with Crippen molar-refractivity contribution in [1.82, 2.24) is 14.9 Å². The number of ether oxygens (including phenoxy) is 1. The van der Waals surface area contributed by atoms with E-state index in [0.717, 1.165) is 11.4 Å². The van der Waals surface area contributed by atoms with Gasteiger partial charge in [0.2, 0.25) is 0 Å². The van der Waals surface area contributed by atoms with Gasteiger partial charge >= 0.3 is 6.03 Å². The first kappa shape index (κ1) is 16.9. The van der Waals surface area contributed by atoms with E-state index in [1.807, 2.05) is 22.9 Å². The van der Waals surface area contributed by atoms with Gasteiger partial charge in [-0.25, -0.2) is 9.78 Å². The molecular formula is C17H24N4O2. The predicted molar refractivity (Wildman–Crippen MR) is 90.6 cm³/mol. The smallest absolute Gasteiger partial charge is 0.319 e. The molecule has 0 fully saturated rings. The number of carbonyl (C=O) groups is 1. The normalized spacial score (nSPS) is 12.5. The van der Waals surface area contributed by atoms with Crippen LogP contribution >= 0.6 is 0 Å². The molecule has 0 spiro atoms. The molecule has 0 aliphatic rings. The monoisotopic (exact) mass is 316 g/mol. The maximum Gasteiger partial charge on any atom is 0.319 e. The first-order valence-electron chi connectivity index (χ1n) is 7.56. The SMILES string of the molecule is COc1ccc(NC(=O)NC(Cn2ccnc2)C(C)(C)C)cc1. The molecule has 2 N–H and O–H groups in total. The molecule has 1 unspecified atom stereocenters. The van der Waals surface area contributed by atoms with Crippen LogP contribution in [-0.2, 0) is 6.54 Å². The van der Waals surface area contributed by atoms with Gasteiger partial charge in [0, 0.05) is 24.6 Å². The molecule has 0 aliphatic carbocycles. The number of carbonyl (C=O) groups excluding carboxylic acids is 1. The van der Waals surface area contributed by atoms with Crippen LogP contribution in [0.3, 0.4) is 0 Å². The van der Waals surface area contributed by atoms with Crippen molar-refractivity contribution in [1.29, 1.82) is 0 Å². The summed E-state index contributed by atoms with van der Waals surface area (Å²) in [6, 6.07) is 6.97. The summed E-state index contributed by atoms with van der Waals surface area (Å²) in [6.07, 6.45) is 5.38. The minimum atomic E-state index is -0.227. The van der Waals surface area contributed by atoms with Gasteiger partial charge < -0.3 is 19.9 Å². The van der Waals surface area contributed by atoms with Crippen LogP contribution in [0.1, 0.15) is 20.8 Å². The largest absolute Gasteiger partial charge is 0.497 e. The number of hydrogen-bond donors (Lipinski definition) is 2. The summed E-state index contributed by atoms with van der Waals surface area (Å²) in [7, 11) is 1.61. The zero-order valence-corrected chi connectivity index (χ0v) is 14.0. The zero-order valence-electron chi connectivity index (χ0n) is 14.0. The molecule has 2 rings (SSSR count). The topological polar surface area (TPSA) is 68.2 Å². The minimum Gasteiger partial charge on any atom is -0.497 e. The standard InChI is InChI=1S/C17H24N4O2/c1-17(2,3)15(11-21-10-9-18-12-21)20-16(22)19-13-5-7-14(23-4)8-6-13/h5-10,12,15H,11H2,1-4H3,(H2,19,20,22). The van der Waals surface area contributed by atoms with Crippen LogP contribution in [0.5, 0.6) is 5.75 Å². The summed E-state index contributed by atoms with van der Waals surface area (Å²) in [5.41, 5.74) is 0.639. The van der Waals surface area contributed by atoms with Crippen LogP contribution in [0.15, 0.2) is 43.0 Å². The second-order valence-electron chi connectivity index (χ2n) is 6.51. The highest BCUT2D eigenvalue weighted by molar-refractivity contribution is 5.89. The van der Waals surface area contributed by atoms with E-state index < -0.39 is 0 Å². The van der Waals surface area contributed by atoms with Gasteiger partial charge in [0.05, 0.1) is 19.5 Å². The van der Waals surface area contributed by atoms with Crippen LogP contribution in [0, 0.1) is 5.41 Å². The number of benzene rings is 1. The fourth-order valence-electron chi connectivity index (χ4n) is 2.14. The highest BCUT2D eigenvalue weighted by atomic mass is 16.5. The van der Waals surface area contributed by atoms with Crippen LogP contribution < -0.4 is 15.4 Å². The lowest BCUT2D eigenvalue weighted by atomic mass is 9.86. The number of amides is 2. The van der Waals surface area contributed by atoms with E-state index in [-0.39, 0.29) is 17.5 Å². The number of aromatic nitrogens is 2. The number of imidazole rings is 1. The van der Waals surface area contributed by atoms with Gasteiger partial charge in [0.15, 0.2) is 0 Å². The molecule has 1 atom stereocenters. The van der Waals surface area contributed by atoms with Crippen LogP contribution in [0.2, 0.25) is 0 Å². The molecule has 1 aromatic carbocycles. The Morgan fingerprint density at radius 2 is 2.00 bits per heavy atom. The quantitative estimate of drug-likeness (QED) is 0.890. The molecule has 0 saturated heterocycles. The fourth-order valence-corrected chi connectivity index (χ4v) is 2.14. The maximum absolute atomic E-state index is 12.3. The lowest BCUT2D eigenvalue weighted by molar-refractivity contribution is 0.218. The van der Waals surface area contributed by atoms with E-state index >= 15 is 0 Å². The molecule has 6 nitrogen and oxygen atoms in total. The number of nitrogens with one attached hydrogen (secondary N) is 2. The minimum absolute atomic E-state index is 0.0325. The molecule has 0 radical (unpaired) electrons. The van der Waals surface area contributed by atoms with Gasteiger partial charge in [-0.15, -0.1) is 0 Å². The molecule has 0 bridgehead atoms. The third-order valence-electron chi connectivity index (χ3n) is 3.65. The lowest BCUT2D eigenvalue weighted by Gasteiger charge is -2.31. The third-order valence-corrected chi connectivity index (χ3v) is 3.65. The fraction of sp³-hybridized carbons (Fsp3) is 0.412. The van der Waals surface area contributed by atoms with Crippen molar-refractivity contribution in [2.75, 3.05) is 12.4 Å². The number of rotatable bonds is 5. The van der Waals surface area contributed by atoms with Gasteiger partial charge in [-0.05, 0) is 29.7 Å². The van der Waals surface area contributed by atoms with Gasteiger partial charge in [0.1, 0.15) is 5.75 Å². The molecule has 0 aliphatic heterocycles. The molecular weight excluding hydrogens is 292 g/mol. The Hall–Kier alpha value is -2.50. The Morgan fingerprint density at radius 3 is 2.52 bits per heavy atom. The Morgan fingerprint density at radius 1 is 1.30 bits per heavy atom. The summed E-state index contributed by atoms with van der Waals surface area (Å²) in [5, 5.41) is 5.89. The zero-order chi connectivity index (χ0) is 16.9. The number of urea groups is 1. The van der Waals surface area contributed by atoms with E-state index in [1.165, 1.54) is 0 Å². The predicted octanol–water partition coefficient (Wildman–Crippen LogP) is 3.13. The van der Waals surface area contributed by atoms with Crippen molar-refractivity contribution in [3.63, 3.8) is 0 Å². The van der Waals surface area contributed by atoms with E-state index in [2.05, 4.69) is 36.4 Å². The number of hydrogen-bond acceptors (Lipinski definition) is 3. The Kier molecular flexibility index (Phi) is 5.26. The first-order valence-corrected chi connectivity index (χ1v) is 7.56. The number of nitrogens with zero attached hydrogens (tertiary/aromatic N) is 2. The summed E-state index contributed by atoms with van der Waals surface area (Å²) >= 11 is 0. The van der Waals surface area contributed by atoms with Gasteiger partial charge in [-0.2, -0.15) is 0 Å². The summed E-state index contributed by atoms with van der Waals surface area (Å²) in [6.45, 7) is 6.96. The summed E-state index contributed by atoms with van der Waals surface area (Å²) in [5.74, 6) is 0.753. The van der Waals surface area contributed by atoms with Crippen molar-refractivity contribution in [3.8, 4) is 5.75 Å². The van der Waals surface area contributed by atoms with Crippen LogP contribution in [-0.4, -0.2) is 28.7 Å². The van der Waals surface area contributed by atoms with Crippen LogP contribution in [0.25, 0.3) is 0 Å². The van der Waals surface area contributed by atoms with Crippen molar-refractivity contribution < 1.29 is 9.53 Å². The lowest BCUT2D eigenvalue weighted by Crippen LogP contribution is -2.47. The second kappa shape index (κ2) is 7.17. The van der Waals surface area contributed by atoms with Crippen molar-refractivity contribution >= 4 is 11.7 Å². The van der Waals surface area contributed by atoms with Crippen molar-refractivity contribution in [2.24, 2.45) is 5.41 Å². The van der Waals surface area contributed by atoms with Gasteiger partial charge in [-0.1, -0.05) is 20.8 Å². The van der Waals surface area contributed by atoms with E-state index in [1.54, 1.807) is 31.8 Å². The van der Waals surface area contributed by atoms with Crippen molar-refractivity contribution in [2.45, 2.75) is 33.4 Å². The summed E-state index contributed by atoms with van der Waals surface area (Å²) in [4.78, 5) is 16.3. The maximum atomic E-state index is 12.3. The molecule has 1 aromatic heterocycles. The molecule has 0 saturated carbocycles. The van der Waals surface area contributed by atoms with E-state index in [9.17, 15) is 4.79 Å². The Bertz CT molecular complexity index is 615. The van der Waals surface area contributed by atoms with Crippen LogP contribution in [0.4, 0.5) is 10.5 Å². The average Bonchev–Trinajstić information content (AvgIpc) is 2.99. The average molecular weight is 316 g/mol. The molecule has 2 amide bonds. The highest BCUT2D eigenvalue weighted by Crippen LogP contribution is 2.21. The Labute approximate surface area is 136 Å². The number of methoxy groups -OCH3 is 1. The summed E-state index contributed by atoms with van der Waals surface area (Å²) < 4.78 is 7.07. The highest BCUT2D eigenvalue weighted by Gasteiger charge is 2.26. The number of anilines is 1. The van der Waals surface area contributed by atoms with E-state index in [4.69, 9.17) is 4.74 Å². The molecule has 1 heterocycles. The molecule has 2 aromatic rings. The molecule has 124 valence electrons. The van der Waals surface area contributed by atoms with E-state index in [0.29, 0.717) is 6.54 Å².